The third kappa shape index (κ3) is 7.59. The third-order valence-electron chi connectivity index (χ3n) is 4.13. The van der Waals surface area contributed by atoms with Crippen molar-refractivity contribution in [1.29, 1.82) is 0 Å². The van der Waals surface area contributed by atoms with E-state index < -0.39 is 10.0 Å². The lowest BCUT2D eigenvalue weighted by Crippen LogP contribution is -2.41. The van der Waals surface area contributed by atoms with E-state index in [2.05, 4.69) is 25.3 Å². The molecule has 0 aliphatic carbocycles. The molecule has 8 nitrogen and oxygen atoms in total. The maximum atomic E-state index is 12.5. The summed E-state index contributed by atoms with van der Waals surface area (Å²) in [5.74, 6) is 1.90. The second-order valence-electron chi connectivity index (χ2n) is 6.54. The summed E-state index contributed by atoms with van der Waals surface area (Å²) in [6.45, 7) is 11.0. The molecule has 3 N–H and O–H groups in total. The van der Waals surface area contributed by atoms with Crippen molar-refractivity contribution in [2.45, 2.75) is 46.1 Å². The molecular formula is C19H30IN5O3S. The molecule has 29 heavy (non-hydrogen) atoms. The highest BCUT2D eigenvalue weighted by Gasteiger charge is 2.16. The van der Waals surface area contributed by atoms with Crippen molar-refractivity contribution in [2.75, 3.05) is 19.6 Å². The van der Waals surface area contributed by atoms with Gasteiger partial charge in [-0.2, -0.15) is 0 Å². The summed E-state index contributed by atoms with van der Waals surface area (Å²) in [6, 6.07) is 5.38. The second-order valence-corrected chi connectivity index (χ2v) is 8.27. The van der Waals surface area contributed by atoms with Gasteiger partial charge in [0.1, 0.15) is 12.3 Å². The minimum Gasteiger partial charge on any atom is -0.444 e. The number of aliphatic imine (C=N–C) groups is 1. The van der Waals surface area contributed by atoms with E-state index in [4.69, 9.17) is 4.42 Å². The van der Waals surface area contributed by atoms with Gasteiger partial charge in [-0.3, -0.25) is 0 Å². The van der Waals surface area contributed by atoms with E-state index in [9.17, 15) is 8.42 Å². The number of rotatable bonds is 8. The number of halogens is 1. The maximum Gasteiger partial charge on any atom is 0.240 e. The van der Waals surface area contributed by atoms with Crippen LogP contribution in [0.2, 0.25) is 0 Å². The van der Waals surface area contributed by atoms with Crippen molar-refractivity contribution in [1.82, 2.24) is 20.3 Å². The summed E-state index contributed by atoms with van der Waals surface area (Å²) in [4.78, 5) is 9.02. The number of guanidine groups is 1. The monoisotopic (exact) mass is 535 g/mol. The molecule has 0 spiro atoms. The fourth-order valence-corrected chi connectivity index (χ4v) is 3.90. The van der Waals surface area contributed by atoms with Crippen molar-refractivity contribution in [3.8, 4) is 0 Å². The fraction of sp³-hybridized carbons (Fsp3) is 0.474. The van der Waals surface area contributed by atoms with E-state index in [0.717, 1.165) is 22.6 Å². The van der Waals surface area contributed by atoms with Crippen LogP contribution in [0.5, 0.6) is 0 Å². The Hall–Kier alpha value is -1.66. The van der Waals surface area contributed by atoms with Gasteiger partial charge in [0.2, 0.25) is 15.9 Å². The van der Waals surface area contributed by atoms with Crippen LogP contribution in [0.1, 0.15) is 35.4 Å². The Morgan fingerprint density at radius 2 is 1.86 bits per heavy atom. The van der Waals surface area contributed by atoms with Crippen LogP contribution in [0.15, 0.2) is 32.5 Å². The first-order valence-corrected chi connectivity index (χ1v) is 10.7. The van der Waals surface area contributed by atoms with Crippen LogP contribution < -0.4 is 15.4 Å². The Balaban J connectivity index is 0.00000420. The SMILES string of the molecule is CCNC(=NCc1nc(C)c(C)o1)NCCNS(=O)(=O)c1cc(C)ccc1C.I. The molecule has 1 heterocycles. The number of nitrogens with zero attached hydrogens (tertiary/aromatic N) is 2. The Morgan fingerprint density at radius 1 is 1.14 bits per heavy atom. The van der Waals surface area contributed by atoms with E-state index in [1.807, 2.05) is 39.8 Å². The Bertz CT molecular complexity index is 922. The molecular weight excluding hydrogens is 505 g/mol. The zero-order valence-corrected chi connectivity index (χ0v) is 20.6. The number of sulfonamides is 1. The van der Waals surface area contributed by atoms with Gasteiger partial charge in [-0.15, -0.1) is 24.0 Å². The average molecular weight is 535 g/mol. The normalized spacial score (nSPS) is 11.8. The molecule has 0 saturated heterocycles. The van der Waals surface area contributed by atoms with Crippen molar-refractivity contribution in [3.63, 3.8) is 0 Å². The van der Waals surface area contributed by atoms with Crippen LogP contribution >= 0.6 is 24.0 Å². The van der Waals surface area contributed by atoms with Gasteiger partial charge in [0, 0.05) is 19.6 Å². The number of hydrogen-bond donors (Lipinski definition) is 3. The topological polar surface area (TPSA) is 109 Å². The van der Waals surface area contributed by atoms with Crippen LogP contribution in [0.4, 0.5) is 0 Å². The molecule has 2 rings (SSSR count). The second kappa shape index (κ2) is 11.5. The lowest BCUT2D eigenvalue weighted by Gasteiger charge is -2.13. The van der Waals surface area contributed by atoms with Crippen LogP contribution in [-0.2, 0) is 16.6 Å². The third-order valence-corrected chi connectivity index (χ3v) is 5.74. The number of hydrogen-bond acceptors (Lipinski definition) is 5. The first-order chi connectivity index (χ1) is 13.2. The molecule has 0 atom stereocenters. The van der Waals surface area contributed by atoms with Crippen LogP contribution in [0.3, 0.4) is 0 Å². The highest BCUT2D eigenvalue weighted by atomic mass is 127. The maximum absolute atomic E-state index is 12.5. The van der Waals surface area contributed by atoms with Crippen molar-refractivity contribution >= 4 is 40.0 Å². The zero-order valence-electron chi connectivity index (χ0n) is 17.5. The number of benzene rings is 1. The van der Waals surface area contributed by atoms with Gasteiger partial charge >= 0.3 is 0 Å². The van der Waals surface area contributed by atoms with Crippen LogP contribution in [0, 0.1) is 27.7 Å². The van der Waals surface area contributed by atoms with Gasteiger partial charge in [-0.05, 0) is 51.8 Å². The summed E-state index contributed by atoms with van der Waals surface area (Å²) in [7, 11) is -3.56. The Morgan fingerprint density at radius 3 is 2.48 bits per heavy atom. The zero-order chi connectivity index (χ0) is 20.7. The summed E-state index contributed by atoms with van der Waals surface area (Å²) < 4.78 is 33.2. The van der Waals surface area contributed by atoms with E-state index in [1.165, 1.54) is 0 Å². The van der Waals surface area contributed by atoms with E-state index in [0.29, 0.717) is 36.4 Å². The molecule has 2 aromatic rings. The molecule has 0 saturated carbocycles. The number of aromatic nitrogens is 1. The van der Waals surface area contributed by atoms with Gasteiger partial charge in [0.25, 0.3) is 0 Å². The molecule has 0 fully saturated rings. The highest BCUT2D eigenvalue weighted by Crippen LogP contribution is 2.16. The molecule has 162 valence electrons. The predicted molar refractivity (Wildman–Crippen MR) is 125 cm³/mol. The van der Waals surface area contributed by atoms with Gasteiger partial charge in [-0.1, -0.05) is 12.1 Å². The minimum absolute atomic E-state index is 0. The molecule has 0 radical (unpaired) electrons. The molecule has 0 aliphatic heterocycles. The van der Waals surface area contributed by atoms with Crippen molar-refractivity contribution in [2.24, 2.45) is 4.99 Å². The van der Waals surface area contributed by atoms with E-state index in [1.54, 1.807) is 13.0 Å². The smallest absolute Gasteiger partial charge is 0.240 e. The molecule has 1 aromatic heterocycles. The lowest BCUT2D eigenvalue weighted by molar-refractivity contribution is 0.473. The number of oxazole rings is 1. The van der Waals surface area contributed by atoms with Gasteiger partial charge < -0.3 is 15.1 Å². The summed E-state index contributed by atoms with van der Waals surface area (Å²) in [5.41, 5.74) is 2.48. The van der Waals surface area contributed by atoms with E-state index >= 15 is 0 Å². The molecule has 0 amide bonds. The van der Waals surface area contributed by atoms with Crippen molar-refractivity contribution < 1.29 is 12.8 Å². The van der Waals surface area contributed by atoms with E-state index in [-0.39, 0.29) is 30.5 Å². The Labute approximate surface area is 190 Å². The fourth-order valence-electron chi connectivity index (χ4n) is 2.54. The first kappa shape index (κ1) is 25.4. The summed E-state index contributed by atoms with van der Waals surface area (Å²) >= 11 is 0. The highest BCUT2D eigenvalue weighted by molar-refractivity contribution is 14.0. The molecule has 1 aromatic carbocycles. The number of nitrogens with one attached hydrogen (secondary N) is 3. The summed E-state index contributed by atoms with van der Waals surface area (Å²) in [6.07, 6.45) is 0. The summed E-state index contributed by atoms with van der Waals surface area (Å²) in [5, 5.41) is 6.22. The largest absolute Gasteiger partial charge is 0.444 e. The molecule has 0 unspecified atom stereocenters. The van der Waals surface area contributed by atoms with Gasteiger partial charge in [0.05, 0.1) is 10.6 Å². The minimum atomic E-state index is -3.56. The molecule has 0 aliphatic rings. The first-order valence-electron chi connectivity index (χ1n) is 9.25. The number of aryl methyl sites for hydroxylation is 4. The quantitative estimate of drug-likeness (QED) is 0.208. The van der Waals surface area contributed by atoms with Gasteiger partial charge in [0.15, 0.2) is 5.96 Å². The lowest BCUT2D eigenvalue weighted by atomic mass is 10.2. The predicted octanol–water partition coefficient (Wildman–Crippen LogP) is 2.56. The molecule has 10 heteroatoms. The average Bonchev–Trinajstić information content (AvgIpc) is 2.96. The Kier molecular flexibility index (Phi) is 10.1. The van der Waals surface area contributed by atoms with Gasteiger partial charge in [-0.25, -0.2) is 23.1 Å². The standard InChI is InChI=1S/C19H29N5O3S.HI/c1-6-20-19(22-12-18-24-15(4)16(5)27-18)21-9-10-23-28(25,26)17-11-13(2)7-8-14(17)3;/h7-8,11,23H,6,9-10,12H2,1-5H3,(H2,20,21,22);1H. The van der Waals surface area contributed by atoms with Crippen LogP contribution in [-0.4, -0.2) is 39.0 Å². The van der Waals surface area contributed by atoms with Crippen molar-refractivity contribution in [3.05, 3.63) is 46.7 Å². The molecule has 0 bridgehead atoms. The van der Waals surface area contributed by atoms with Crippen LogP contribution in [0.25, 0.3) is 0 Å².